The summed E-state index contributed by atoms with van der Waals surface area (Å²) in [5.74, 6) is 1.51. The van der Waals surface area contributed by atoms with Crippen LogP contribution in [0.3, 0.4) is 0 Å². The third-order valence-corrected chi connectivity index (χ3v) is 8.28. The molecule has 1 spiro atoms. The average Bonchev–Trinajstić information content (AvgIpc) is 3.37. The van der Waals surface area contributed by atoms with E-state index in [-0.39, 0.29) is 28.0 Å². The van der Waals surface area contributed by atoms with Gasteiger partial charge in [-0.1, -0.05) is 6.07 Å². The highest BCUT2D eigenvalue weighted by molar-refractivity contribution is 5.61. The molecule has 2 bridgehead atoms. The standard InChI is InChI=1S/C21H27NO4/c1-25-21-8-2-3-17-20(21)9-10-22(24,12-13-4-5-13)16(21)11-14-6-7-15(23)19(26-17)18(14)20/h6-7,13,16-17,23H,2-5,8-12H2,1H3/t16-,17?,20-,21-,22?/m1/s1. The van der Waals surface area contributed by atoms with Crippen LogP contribution in [0, 0.1) is 11.1 Å². The number of benzene rings is 1. The second kappa shape index (κ2) is 4.75. The Balaban J connectivity index is 1.60. The van der Waals surface area contributed by atoms with Crippen LogP contribution in [0.5, 0.6) is 11.5 Å². The maximum Gasteiger partial charge on any atom is 0.165 e. The molecule has 2 unspecified atom stereocenters. The number of phenols is 1. The number of hydrogen-bond acceptors (Lipinski definition) is 4. The van der Waals surface area contributed by atoms with E-state index in [9.17, 15) is 10.3 Å². The summed E-state index contributed by atoms with van der Waals surface area (Å²) < 4.78 is 12.6. The lowest BCUT2D eigenvalue weighted by Gasteiger charge is -2.68. The molecule has 5 nitrogen and oxygen atoms in total. The zero-order valence-electron chi connectivity index (χ0n) is 15.4. The van der Waals surface area contributed by atoms with E-state index in [2.05, 4.69) is 0 Å². The molecule has 1 aromatic carbocycles. The van der Waals surface area contributed by atoms with Crippen molar-refractivity contribution in [3.05, 3.63) is 28.5 Å². The Labute approximate surface area is 154 Å². The summed E-state index contributed by atoms with van der Waals surface area (Å²) in [4.78, 5) is 0. The van der Waals surface area contributed by atoms with Crippen molar-refractivity contribution < 1.29 is 19.2 Å². The van der Waals surface area contributed by atoms with Crippen molar-refractivity contribution in [1.29, 1.82) is 0 Å². The Kier molecular flexibility index (Phi) is 2.87. The number of methoxy groups -OCH3 is 1. The number of aromatic hydroxyl groups is 1. The monoisotopic (exact) mass is 357 g/mol. The van der Waals surface area contributed by atoms with Crippen LogP contribution in [0.4, 0.5) is 0 Å². The molecular weight excluding hydrogens is 330 g/mol. The molecule has 5 heteroatoms. The summed E-state index contributed by atoms with van der Waals surface area (Å²) in [6.07, 6.45) is 6.91. The van der Waals surface area contributed by atoms with Crippen LogP contribution in [0.15, 0.2) is 12.1 Å². The molecule has 140 valence electrons. The molecule has 1 saturated heterocycles. The number of quaternary nitrogens is 1. The van der Waals surface area contributed by atoms with Gasteiger partial charge in [-0.3, -0.25) is 0 Å². The number of phenolic OH excluding ortho intramolecular Hbond substituents is 1. The first-order valence-electron chi connectivity index (χ1n) is 10.2. The molecule has 3 aliphatic carbocycles. The first kappa shape index (κ1) is 15.7. The summed E-state index contributed by atoms with van der Waals surface area (Å²) in [5.41, 5.74) is 1.64. The van der Waals surface area contributed by atoms with E-state index < -0.39 is 5.60 Å². The lowest BCUT2D eigenvalue weighted by Crippen LogP contribution is -2.79. The lowest BCUT2D eigenvalue weighted by atomic mass is 9.49. The van der Waals surface area contributed by atoms with E-state index in [1.807, 2.05) is 6.07 Å². The minimum atomic E-state index is -0.461. The van der Waals surface area contributed by atoms with Crippen LogP contribution in [-0.4, -0.2) is 47.7 Å². The van der Waals surface area contributed by atoms with Gasteiger partial charge in [-0.25, -0.2) is 0 Å². The Morgan fingerprint density at radius 1 is 1.31 bits per heavy atom. The maximum atomic E-state index is 14.1. The van der Waals surface area contributed by atoms with Gasteiger partial charge in [-0.2, -0.15) is 0 Å². The van der Waals surface area contributed by atoms with Crippen molar-refractivity contribution in [2.45, 2.75) is 68.1 Å². The number of likely N-dealkylation sites (tertiary alicyclic amines) is 1. The van der Waals surface area contributed by atoms with Crippen LogP contribution in [-0.2, 0) is 16.6 Å². The first-order chi connectivity index (χ1) is 12.5. The number of rotatable bonds is 3. The predicted molar refractivity (Wildman–Crippen MR) is 96.0 cm³/mol. The summed E-state index contributed by atoms with van der Waals surface area (Å²) in [6, 6.07) is 3.71. The van der Waals surface area contributed by atoms with E-state index in [0.29, 0.717) is 18.2 Å². The van der Waals surface area contributed by atoms with Crippen LogP contribution >= 0.6 is 0 Å². The number of hydroxylamine groups is 3. The van der Waals surface area contributed by atoms with Crippen molar-refractivity contribution in [3.63, 3.8) is 0 Å². The van der Waals surface area contributed by atoms with Gasteiger partial charge >= 0.3 is 0 Å². The van der Waals surface area contributed by atoms with Crippen molar-refractivity contribution in [1.82, 2.24) is 0 Å². The molecule has 1 N–H and O–H groups in total. The molecule has 2 heterocycles. The van der Waals surface area contributed by atoms with E-state index in [0.717, 1.165) is 44.2 Å². The fraction of sp³-hybridized carbons (Fsp3) is 0.714. The molecule has 26 heavy (non-hydrogen) atoms. The average molecular weight is 357 g/mol. The van der Waals surface area contributed by atoms with Crippen LogP contribution in [0.2, 0.25) is 0 Å². The minimum Gasteiger partial charge on any atom is -0.632 e. The molecule has 5 atom stereocenters. The second-order valence-corrected chi connectivity index (χ2v) is 9.28. The third kappa shape index (κ3) is 1.60. The van der Waals surface area contributed by atoms with E-state index >= 15 is 0 Å². The molecule has 0 aromatic heterocycles. The van der Waals surface area contributed by atoms with Crippen molar-refractivity contribution >= 4 is 0 Å². The van der Waals surface area contributed by atoms with Gasteiger partial charge < -0.3 is 24.4 Å². The Morgan fingerprint density at radius 3 is 2.92 bits per heavy atom. The number of hydrogen-bond donors (Lipinski definition) is 1. The fourth-order valence-corrected chi connectivity index (χ4v) is 7.14. The number of ether oxygens (including phenoxy) is 2. The summed E-state index contributed by atoms with van der Waals surface area (Å²) in [6.45, 7) is 1.40. The maximum absolute atomic E-state index is 14.1. The Hall–Kier alpha value is -1.30. The van der Waals surface area contributed by atoms with E-state index in [1.165, 1.54) is 18.4 Å². The number of piperidine rings is 1. The molecular formula is C21H27NO4. The van der Waals surface area contributed by atoms with Gasteiger partial charge in [0.05, 0.1) is 18.5 Å². The van der Waals surface area contributed by atoms with Gasteiger partial charge in [-0.05, 0) is 43.7 Å². The van der Waals surface area contributed by atoms with Gasteiger partial charge in [0.2, 0.25) is 0 Å². The summed E-state index contributed by atoms with van der Waals surface area (Å²) in [7, 11) is 1.80. The van der Waals surface area contributed by atoms with Crippen molar-refractivity contribution in [2.24, 2.45) is 5.92 Å². The van der Waals surface area contributed by atoms with Crippen LogP contribution in [0.1, 0.15) is 49.7 Å². The van der Waals surface area contributed by atoms with Crippen LogP contribution in [0.25, 0.3) is 0 Å². The largest absolute Gasteiger partial charge is 0.632 e. The smallest absolute Gasteiger partial charge is 0.165 e. The first-order valence-corrected chi connectivity index (χ1v) is 10.2. The van der Waals surface area contributed by atoms with Gasteiger partial charge in [0.15, 0.2) is 11.5 Å². The highest BCUT2D eigenvalue weighted by Crippen LogP contribution is 2.67. The quantitative estimate of drug-likeness (QED) is 0.667. The van der Waals surface area contributed by atoms with E-state index in [1.54, 1.807) is 13.2 Å². The van der Waals surface area contributed by atoms with E-state index in [4.69, 9.17) is 9.47 Å². The predicted octanol–water partition coefficient (Wildman–Crippen LogP) is 3.01. The topological polar surface area (TPSA) is 61.8 Å². The molecule has 1 aromatic rings. The molecule has 2 saturated carbocycles. The zero-order chi connectivity index (χ0) is 17.7. The van der Waals surface area contributed by atoms with Crippen molar-refractivity contribution in [2.75, 3.05) is 20.2 Å². The number of nitrogens with zero attached hydrogens (tertiary/aromatic N) is 1. The fourth-order valence-electron chi connectivity index (χ4n) is 7.14. The Morgan fingerprint density at radius 2 is 2.15 bits per heavy atom. The van der Waals surface area contributed by atoms with Crippen molar-refractivity contribution in [3.8, 4) is 11.5 Å². The second-order valence-electron chi connectivity index (χ2n) is 9.28. The minimum absolute atomic E-state index is 0.0238. The highest BCUT2D eigenvalue weighted by atomic mass is 16.6. The van der Waals surface area contributed by atoms with Gasteiger partial charge in [0.1, 0.15) is 17.7 Å². The SMILES string of the molecule is CO[C@@]12CCCC3Oc4c(O)ccc5c4[C@@]31CC[N+]([O-])(CC1CC1)[C@@H]2C5. The third-order valence-electron chi connectivity index (χ3n) is 8.28. The Bertz CT molecular complexity index is 792. The summed E-state index contributed by atoms with van der Waals surface area (Å²) >= 11 is 0. The zero-order valence-corrected chi connectivity index (χ0v) is 15.4. The van der Waals surface area contributed by atoms with Gasteiger partial charge in [0.25, 0.3) is 0 Å². The lowest BCUT2D eigenvalue weighted by molar-refractivity contribution is -0.924. The summed E-state index contributed by atoms with van der Waals surface area (Å²) in [5, 5.41) is 24.6. The normalized spacial score (nSPS) is 45.2. The molecule has 6 rings (SSSR count). The molecule has 0 amide bonds. The van der Waals surface area contributed by atoms with Gasteiger partial charge in [0, 0.05) is 31.4 Å². The molecule has 3 fully saturated rings. The van der Waals surface area contributed by atoms with Gasteiger partial charge in [-0.15, -0.1) is 0 Å². The highest BCUT2D eigenvalue weighted by Gasteiger charge is 2.75. The molecule has 2 aliphatic heterocycles. The molecule has 0 radical (unpaired) electrons. The van der Waals surface area contributed by atoms with Crippen LogP contribution < -0.4 is 4.74 Å². The molecule has 5 aliphatic rings.